The molecule has 20 heteroatoms. The number of rotatable bonds is 15. The Labute approximate surface area is 359 Å². The summed E-state index contributed by atoms with van der Waals surface area (Å²) < 4.78 is 85.1. The molecule has 2 amide bonds. The van der Waals surface area contributed by atoms with E-state index in [2.05, 4.69) is 52.4 Å². The quantitative estimate of drug-likeness (QED) is 0.0970. The lowest BCUT2D eigenvalue weighted by Gasteiger charge is -2.40. The number of carbonyl (C=O) groups excluding carboxylic acids is 2. The monoisotopic (exact) mass is 886 g/mol. The van der Waals surface area contributed by atoms with Gasteiger partial charge in [-0.2, -0.15) is 17.5 Å². The van der Waals surface area contributed by atoms with Crippen molar-refractivity contribution in [1.29, 1.82) is 0 Å². The van der Waals surface area contributed by atoms with Crippen molar-refractivity contribution in [3.63, 3.8) is 0 Å². The van der Waals surface area contributed by atoms with Gasteiger partial charge in [-0.05, 0) is 88.0 Å². The lowest BCUT2D eigenvalue weighted by Crippen LogP contribution is -2.49. The fraction of sp³-hybridized carbons (Fsp3) is 0.500. The molecule has 3 aromatic rings. The molecule has 0 radical (unpaired) electrons. The molecule has 1 atom stereocenters. The summed E-state index contributed by atoms with van der Waals surface area (Å²) in [4.78, 5) is 42.2. The Morgan fingerprint density at radius 3 is 2.34 bits per heavy atom. The number of nitrogens with zero attached hydrogens (tertiary/aromatic N) is 7. The van der Waals surface area contributed by atoms with Crippen LogP contribution in [0.15, 0.2) is 64.7 Å². The van der Waals surface area contributed by atoms with E-state index in [0.29, 0.717) is 31.5 Å². The van der Waals surface area contributed by atoms with Gasteiger partial charge in [-0.3, -0.25) is 24.8 Å². The Bertz CT molecular complexity index is 2240. The molecule has 3 aliphatic heterocycles. The number of alkyl halides is 3. The molecule has 6 rings (SSSR count). The second kappa shape index (κ2) is 19.6. The van der Waals surface area contributed by atoms with Gasteiger partial charge < -0.3 is 26.0 Å². The van der Waals surface area contributed by atoms with Crippen LogP contribution in [0.25, 0.3) is 5.57 Å². The van der Waals surface area contributed by atoms with Crippen molar-refractivity contribution in [2.75, 3.05) is 82.7 Å². The van der Waals surface area contributed by atoms with Crippen LogP contribution in [0.1, 0.15) is 62.3 Å². The molecule has 5 N–H and O–H groups in total. The molecule has 15 nitrogen and oxygen atoms in total. The van der Waals surface area contributed by atoms with Gasteiger partial charge in [0, 0.05) is 89.2 Å². The predicted octanol–water partition coefficient (Wildman–Crippen LogP) is 4.19. The summed E-state index contributed by atoms with van der Waals surface area (Å²) in [6, 6.07) is 11.3. The second-order valence-electron chi connectivity index (χ2n) is 16.6. The largest absolute Gasteiger partial charge is 0.419 e. The minimum Gasteiger partial charge on any atom is -0.404 e. The third kappa shape index (κ3) is 11.9. The van der Waals surface area contributed by atoms with Crippen molar-refractivity contribution in [3.05, 3.63) is 77.5 Å². The molecule has 3 fully saturated rings. The highest BCUT2D eigenvalue weighted by Gasteiger charge is 2.36. The van der Waals surface area contributed by atoms with E-state index in [1.807, 2.05) is 12.1 Å². The van der Waals surface area contributed by atoms with Crippen LogP contribution in [-0.4, -0.2) is 134 Å². The Kier molecular flexibility index (Phi) is 14.7. The summed E-state index contributed by atoms with van der Waals surface area (Å²) in [6.07, 6.45) is 0.421. The number of likely N-dealkylation sites (N-methyl/N-ethyl adjacent to an activating group) is 1. The van der Waals surface area contributed by atoms with Gasteiger partial charge >= 0.3 is 6.18 Å². The number of hydrogen-bond acceptors (Lipinski definition) is 13. The summed E-state index contributed by atoms with van der Waals surface area (Å²) in [5.74, 6) is -1.62. The number of halogens is 4. The lowest BCUT2D eigenvalue weighted by molar-refractivity contribution is -0.138. The van der Waals surface area contributed by atoms with Crippen molar-refractivity contribution in [3.8, 4) is 0 Å². The Morgan fingerprint density at radius 1 is 1.03 bits per heavy atom. The number of aromatic nitrogens is 2. The van der Waals surface area contributed by atoms with E-state index >= 15 is 4.39 Å². The zero-order valence-electron chi connectivity index (χ0n) is 35.0. The first-order valence-electron chi connectivity index (χ1n) is 20.6. The number of aliphatic imine (C=N–C) groups is 1. The number of amides is 2. The minimum atomic E-state index is -4.87. The first kappa shape index (κ1) is 46.5. The van der Waals surface area contributed by atoms with Crippen LogP contribution in [0.4, 0.5) is 34.9 Å². The smallest absolute Gasteiger partial charge is 0.404 e. The maximum atomic E-state index is 15.4. The number of anilines is 3. The van der Waals surface area contributed by atoms with E-state index in [1.54, 1.807) is 0 Å². The van der Waals surface area contributed by atoms with Crippen molar-refractivity contribution >= 4 is 50.9 Å². The molecule has 0 saturated carbocycles. The molecule has 3 saturated heterocycles. The normalized spacial score (nSPS) is 19.4. The van der Waals surface area contributed by atoms with Gasteiger partial charge in [0.1, 0.15) is 11.4 Å². The van der Waals surface area contributed by atoms with Crippen LogP contribution in [-0.2, 0) is 25.8 Å². The Hall–Kier alpha value is -5.02. The first-order chi connectivity index (χ1) is 29.3. The molecule has 0 spiro atoms. The van der Waals surface area contributed by atoms with Gasteiger partial charge in [0.15, 0.2) is 0 Å². The first-order valence-corrected chi connectivity index (χ1v) is 22.0. The lowest BCUT2D eigenvalue weighted by atomic mass is 9.90. The number of piperidine rings is 2. The number of imide groups is 1. The summed E-state index contributed by atoms with van der Waals surface area (Å²) in [6.45, 7) is 9.82. The maximum absolute atomic E-state index is 15.4. The van der Waals surface area contributed by atoms with Crippen LogP contribution in [0.2, 0.25) is 0 Å². The van der Waals surface area contributed by atoms with Crippen molar-refractivity contribution in [2.45, 2.75) is 62.1 Å². The highest BCUT2D eigenvalue weighted by molar-refractivity contribution is 7.89. The number of likely N-dealkylation sites (tertiary alicyclic amines) is 1. The molecule has 4 heterocycles. The number of hydrogen-bond donors (Lipinski definition) is 4. The van der Waals surface area contributed by atoms with Crippen LogP contribution in [0, 0.1) is 11.7 Å². The number of aliphatic hydroxyl groups is 1. The number of piperazine rings is 1. The Balaban J connectivity index is 0.960. The van der Waals surface area contributed by atoms with E-state index in [9.17, 15) is 36.3 Å². The van der Waals surface area contributed by atoms with Crippen LogP contribution < -0.4 is 21.3 Å². The molecule has 62 heavy (non-hydrogen) atoms. The molecule has 3 aliphatic rings. The van der Waals surface area contributed by atoms with Gasteiger partial charge in [-0.15, -0.1) is 0 Å². The molecule has 0 aliphatic carbocycles. The second-order valence-corrected chi connectivity index (χ2v) is 18.7. The van der Waals surface area contributed by atoms with Gasteiger partial charge in [0.2, 0.25) is 27.8 Å². The van der Waals surface area contributed by atoms with E-state index < -0.39 is 44.8 Å². The summed E-state index contributed by atoms with van der Waals surface area (Å²) in [5.41, 5.74) is 4.08. The number of benzene rings is 2. The molecule has 2 aromatic carbocycles. The van der Waals surface area contributed by atoms with Gasteiger partial charge in [0.25, 0.3) is 0 Å². The standard InChI is InChI=1S/C42H54F4N10O5S/c1-41(2,59)27-48-24-30(23-47)38-34(42(44,45)46)25-49-40(52-38)50-36-10-8-32(22-35(36)43)62(60,61)53(3)16-17-54-14-12-28(13-15-54)26-55-18-20-56(21-19-55)31-6-4-29(5-7-31)33-9-11-37(57)51-39(33)58/h4-8,10,22-25,28,33,59H,9,11-21,26-27,47H2,1-3H3,(H,49,50,52)(H,51,57,58)/b30-23+,48-24?. The van der Waals surface area contributed by atoms with Gasteiger partial charge in [0.05, 0.1) is 34.3 Å². The number of nitrogens with one attached hydrogen (secondary N) is 2. The van der Waals surface area contributed by atoms with Crippen LogP contribution in [0.3, 0.4) is 0 Å². The SMILES string of the molecule is CN(CCN1CCC(CN2CCN(c3ccc(C4CCC(=O)NC4=O)cc3)CC2)CC1)S(=O)(=O)c1ccc(Nc2ncc(C(F)(F)F)c(/C(C=NCC(C)(C)O)=C/N)n2)c(F)c1. The third-order valence-corrected chi connectivity index (χ3v) is 13.2. The molecular formula is C42H54F4N10O5S. The highest BCUT2D eigenvalue weighted by Crippen LogP contribution is 2.35. The van der Waals surface area contributed by atoms with Crippen LogP contribution >= 0.6 is 0 Å². The van der Waals surface area contributed by atoms with Gasteiger partial charge in [-0.25, -0.2) is 22.8 Å². The number of nitrogens with two attached hydrogens (primary N) is 1. The predicted molar refractivity (Wildman–Crippen MR) is 228 cm³/mol. The maximum Gasteiger partial charge on any atom is 0.419 e. The summed E-state index contributed by atoms with van der Waals surface area (Å²) in [7, 11) is -2.66. The number of allylic oxidation sites excluding steroid dienone is 1. The molecule has 1 aromatic heterocycles. The molecule has 1 unspecified atom stereocenters. The highest BCUT2D eigenvalue weighted by atomic mass is 32.2. The van der Waals surface area contributed by atoms with Crippen molar-refractivity contribution < 1.29 is 40.7 Å². The number of carbonyl (C=O) groups is 2. The molecule has 336 valence electrons. The van der Waals surface area contributed by atoms with E-state index in [-0.39, 0.29) is 47.0 Å². The summed E-state index contributed by atoms with van der Waals surface area (Å²) in [5, 5.41) is 14.9. The number of sulfonamides is 1. The fourth-order valence-corrected chi connectivity index (χ4v) is 8.93. The third-order valence-electron chi connectivity index (χ3n) is 11.4. The van der Waals surface area contributed by atoms with Crippen LogP contribution in [0.5, 0.6) is 0 Å². The zero-order valence-corrected chi connectivity index (χ0v) is 35.9. The fourth-order valence-electron chi connectivity index (χ4n) is 7.76. The topological polar surface area (TPSA) is 190 Å². The average molecular weight is 887 g/mol. The average Bonchev–Trinajstić information content (AvgIpc) is 3.22. The summed E-state index contributed by atoms with van der Waals surface area (Å²) >= 11 is 0. The van der Waals surface area contributed by atoms with Crippen molar-refractivity contribution in [2.24, 2.45) is 16.6 Å². The van der Waals surface area contributed by atoms with E-state index in [0.717, 1.165) is 94.5 Å². The molecular weight excluding hydrogens is 833 g/mol. The van der Waals surface area contributed by atoms with E-state index in [4.69, 9.17) is 5.73 Å². The zero-order chi connectivity index (χ0) is 44.8. The Morgan fingerprint density at radius 2 is 1.73 bits per heavy atom. The van der Waals surface area contributed by atoms with Crippen molar-refractivity contribution in [1.82, 2.24) is 29.4 Å². The minimum absolute atomic E-state index is 0.131. The van der Waals surface area contributed by atoms with E-state index in [1.165, 1.54) is 31.3 Å². The van der Waals surface area contributed by atoms with Gasteiger partial charge in [-0.1, -0.05) is 12.1 Å². The molecule has 0 bridgehead atoms.